The molecule has 0 aliphatic carbocycles. The fourth-order valence-electron chi connectivity index (χ4n) is 2.90. The summed E-state index contributed by atoms with van der Waals surface area (Å²) in [6.45, 7) is 4.60. The van der Waals surface area contributed by atoms with Crippen molar-refractivity contribution in [3.63, 3.8) is 0 Å². The number of nitrogens with one attached hydrogen (secondary N) is 1. The first kappa shape index (κ1) is 12.5. The van der Waals surface area contributed by atoms with Crippen molar-refractivity contribution in [2.45, 2.75) is 13.0 Å². The van der Waals surface area contributed by atoms with Gasteiger partial charge in [-0.05, 0) is 30.7 Å². The van der Waals surface area contributed by atoms with E-state index in [4.69, 9.17) is 9.47 Å². The average Bonchev–Trinajstić information content (AvgIpc) is 2.71. The minimum atomic E-state index is 0.268. The molecule has 0 amide bonds. The van der Waals surface area contributed by atoms with E-state index in [-0.39, 0.29) is 6.04 Å². The Labute approximate surface area is 113 Å². The second kappa shape index (κ2) is 4.87. The van der Waals surface area contributed by atoms with Crippen molar-refractivity contribution < 1.29 is 9.47 Å². The molecule has 0 saturated carbocycles. The van der Waals surface area contributed by atoms with Gasteiger partial charge in [-0.15, -0.1) is 0 Å². The van der Waals surface area contributed by atoms with Crippen molar-refractivity contribution in [1.29, 1.82) is 0 Å². The summed E-state index contributed by atoms with van der Waals surface area (Å²) >= 11 is 0. The van der Waals surface area contributed by atoms with Crippen molar-refractivity contribution in [1.82, 2.24) is 9.88 Å². The van der Waals surface area contributed by atoms with Crippen LogP contribution in [0.1, 0.15) is 17.3 Å². The van der Waals surface area contributed by atoms with Crippen LogP contribution >= 0.6 is 0 Å². The zero-order valence-electron chi connectivity index (χ0n) is 11.7. The fraction of sp³-hybridized carbons (Fsp3) is 0.467. The lowest BCUT2D eigenvalue weighted by Gasteiger charge is -2.24. The minimum Gasteiger partial charge on any atom is -0.497 e. The molecular formula is C15H20N2O2. The van der Waals surface area contributed by atoms with E-state index in [1.54, 1.807) is 7.11 Å². The Hall–Kier alpha value is -1.52. The van der Waals surface area contributed by atoms with Crippen molar-refractivity contribution in [3.8, 4) is 5.75 Å². The van der Waals surface area contributed by atoms with Crippen LogP contribution in [-0.2, 0) is 11.8 Å². The van der Waals surface area contributed by atoms with Gasteiger partial charge in [-0.1, -0.05) is 0 Å². The van der Waals surface area contributed by atoms with E-state index in [9.17, 15) is 0 Å². The quantitative estimate of drug-likeness (QED) is 0.898. The maximum absolute atomic E-state index is 5.60. The fourth-order valence-corrected chi connectivity index (χ4v) is 2.90. The molecule has 4 heteroatoms. The number of ether oxygens (including phenoxy) is 2. The van der Waals surface area contributed by atoms with Crippen molar-refractivity contribution in [2.24, 2.45) is 7.05 Å². The average molecular weight is 260 g/mol. The third-order valence-electron chi connectivity index (χ3n) is 4.02. The van der Waals surface area contributed by atoms with Gasteiger partial charge in [-0.3, -0.25) is 0 Å². The summed E-state index contributed by atoms with van der Waals surface area (Å²) in [5.74, 6) is 0.899. The lowest BCUT2D eigenvalue weighted by atomic mass is 10.0. The van der Waals surface area contributed by atoms with Crippen molar-refractivity contribution >= 4 is 10.9 Å². The van der Waals surface area contributed by atoms with Crippen molar-refractivity contribution in [3.05, 3.63) is 29.5 Å². The minimum absolute atomic E-state index is 0.268. The molecule has 1 N–H and O–H groups in total. The van der Waals surface area contributed by atoms with Crippen LogP contribution in [0.15, 0.2) is 18.2 Å². The van der Waals surface area contributed by atoms with Crippen LogP contribution in [0, 0.1) is 6.92 Å². The molecule has 4 nitrogen and oxygen atoms in total. The van der Waals surface area contributed by atoms with Crippen LogP contribution in [0.4, 0.5) is 0 Å². The summed E-state index contributed by atoms with van der Waals surface area (Å²) in [7, 11) is 3.82. The van der Waals surface area contributed by atoms with E-state index < -0.39 is 0 Å². The molecular weight excluding hydrogens is 240 g/mol. The first-order chi connectivity index (χ1) is 9.22. The molecule has 1 unspecified atom stereocenters. The van der Waals surface area contributed by atoms with Gasteiger partial charge < -0.3 is 19.4 Å². The molecule has 102 valence electrons. The van der Waals surface area contributed by atoms with Gasteiger partial charge in [0.2, 0.25) is 0 Å². The molecule has 1 atom stereocenters. The van der Waals surface area contributed by atoms with E-state index in [0.717, 1.165) is 25.5 Å². The van der Waals surface area contributed by atoms with Crippen LogP contribution in [0.5, 0.6) is 5.75 Å². The molecule has 1 fully saturated rings. The molecule has 0 bridgehead atoms. The summed E-state index contributed by atoms with van der Waals surface area (Å²) in [5, 5.41) is 4.79. The van der Waals surface area contributed by atoms with Crippen LogP contribution in [0.3, 0.4) is 0 Å². The Balaban J connectivity index is 2.17. The number of hydrogen-bond donors (Lipinski definition) is 1. The van der Waals surface area contributed by atoms with Crippen LogP contribution in [0.2, 0.25) is 0 Å². The zero-order valence-corrected chi connectivity index (χ0v) is 11.7. The van der Waals surface area contributed by atoms with E-state index in [1.165, 1.54) is 22.2 Å². The number of methoxy groups -OCH3 is 1. The predicted molar refractivity (Wildman–Crippen MR) is 75.8 cm³/mol. The SMILES string of the molecule is COc1ccc2c(c1)c(C1COCCN1)c(C)n2C. The molecule has 2 aromatic rings. The second-order valence-corrected chi connectivity index (χ2v) is 5.02. The van der Waals surface area contributed by atoms with Crippen LogP contribution in [-0.4, -0.2) is 31.4 Å². The molecule has 1 aromatic heterocycles. The maximum Gasteiger partial charge on any atom is 0.119 e. The molecule has 1 aliphatic heterocycles. The third kappa shape index (κ3) is 2.01. The Bertz CT molecular complexity index is 598. The number of fused-ring (bicyclic) bond motifs is 1. The Morgan fingerprint density at radius 3 is 2.95 bits per heavy atom. The number of nitrogens with zero attached hydrogens (tertiary/aromatic N) is 1. The molecule has 2 heterocycles. The van der Waals surface area contributed by atoms with Gasteiger partial charge in [0.25, 0.3) is 0 Å². The van der Waals surface area contributed by atoms with Gasteiger partial charge in [0.05, 0.1) is 26.4 Å². The first-order valence-corrected chi connectivity index (χ1v) is 6.66. The number of rotatable bonds is 2. The van der Waals surface area contributed by atoms with Gasteiger partial charge >= 0.3 is 0 Å². The van der Waals surface area contributed by atoms with Gasteiger partial charge in [0.1, 0.15) is 5.75 Å². The molecule has 0 spiro atoms. The highest BCUT2D eigenvalue weighted by atomic mass is 16.5. The highest BCUT2D eigenvalue weighted by Gasteiger charge is 2.23. The topological polar surface area (TPSA) is 35.4 Å². The molecule has 1 saturated heterocycles. The number of benzene rings is 1. The van der Waals surface area contributed by atoms with E-state index >= 15 is 0 Å². The smallest absolute Gasteiger partial charge is 0.119 e. The zero-order chi connectivity index (χ0) is 13.4. The summed E-state index contributed by atoms with van der Waals surface area (Å²) < 4.78 is 13.2. The number of aryl methyl sites for hydroxylation is 1. The second-order valence-electron chi connectivity index (χ2n) is 5.02. The summed E-state index contributed by atoms with van der Waals surface area (Å²) in [6, 6.07) is 6.52. The maximum atomic E-state index is 5.60. The van der Waals surface area contributed by atoms with E-state index in [0.29, 0.717) is 0 Å². The number of morpholine rings is 1. The lowest BCUT2D eigenvalue weighted by molar-refractivity contribution is 0.0770. The summed E-state index contributed by atoms with van der Waals surface area (Å²) in [4.78, 5) is 0. The van der Waals surface area contributed by atoms with Gasteiger partial charge in [0.15, 0.2) is 0 Å². The van der Waals surface area contributed by atoms with Crippen molar-refractivity contribution in [2.75, 3.05) is 26.9 Å². The molecule has 1 aliphatic rings. The summed E-state index contributed by atoms with van der Waals surface area (Å²) in [5.41, 5.74) is 3.85. The van der Waals surface area contributed by atoms with Crippen LogP contribution < -0.4 is 10.1 Å². The number of hydrogen-bond acceptors (Lipinski definition) is 3. The normalized spacial score (nSPS) is 19.8. The third-order valence-corrected chi connectivity index (χ3v) is 4.02. The Morgan fingerprint density at radius 2 is 2.26 bits per heavy atom. The predicted octanol–water partition coefficient (Wildman–Crippen LogP) is 2.16. The molecule has 1 aromatic carbocycles. The molecule has 0 radical (unpaired) electrons. The largest absolute Gasteiger partial charge is 0.497 e. The highest BCUT2D eigenvalue weighted by molar-refractivity contribution is 5.87. The lowest BCUT2D eigenvalue weighted by Crippen LogP contribution is -2.34. The summed E-state index contributed by atoms with van der Waals surface area (Å²) in [6.07, 6.45) is 0. The standard InChI is InChI=1S/C15H20N2O2/c1-10-15(13-9-19-7-6-16-13)12-8-11(18-3)4-5-14(12)17(10)2/h4-5,8,13,16H,6-7,9H2,1-3H3. The Morgan fingerprint density at radius 1 is 1.42 bits per heavy atom. The first-order valence-electron chi connectivity index (χ1n) is 6.66. The number of aromatic nitrogens is 1. The van der Waals surface area contributed by atoms with Gasteiger partial charge in [0, 0.05) is 30.2 Å². The van der Waals surface area contributed by atoms with Gasteiger partial charge in [-0.2, -0.15) is 0 Å². The monoisotopic (exact) mass is 260 g/mol. The van der Waals surface area contributed by atoms with Crippen LogP contribution in [0.25, 0.3) is 10.9 Å². The van der Waals surface area contributed by atoms with E-state index in [2.05, 4.69) is 36.0 Å². The highest BCUT2D eigenvalue weighted by Crippen LogP contribution is 2.33. The molecule has 3 rings (SSSR count). The van der Waals surface area contributed by atoms with E-state index in [1.807, 2.05) is 6.07 Å². The Kier molecular flexibility index (Phi) is 3.21. The molecule has 19 heavy (non-hydrogen) atoms. The van der Waals surface area contributed by atoms with Gasteiger partial charge in [-0.25, -0.2) is 0 Å².